The molecule has 162 valence electrons. The fraction of sp³-hybridized carbons (Fsp3) is 0.400. The zero-order chi connectivity index (χ0) is 21.6. The first-order chi connectivity index (χ1) is 14.3. The van der Waals surface area contributed by atoms with E-state index in [4.69, 9.17) is 9.15 Å². The molecule has 0 bridgehead atoms. The van der Waals surface area contributed by atoms with E-state index >= 15 is 0 Å². The van der Waals surface area contributed by atoms with E-state index in [9.17, 15) is 18.0 Å². The van der Waals surface area contributed by atoms with E-state index in [2.05, 4.69) is 10.0 Å². The molecule has 0 spiro atoms. The maximum Gasteiger partial charge on any atom is 0.254 e. The molecule has 2 aromatic rings. The van der Waals surface area contributed by atoms with Gasteiger partial charge in [0.1, 0.15) is 5.76 Å². The summed E-state index contributed by atoms with van der Waals surface area (Å²) in [5.74, 6) is -0.214. The molecule has 1 aromatic carbocycles. The molecule has 1 unspecified atom stereocenters. The Morgan fingerprint density at radius 1 is 1.23 bits per heavy atom. The fourth-order valence-electron chi connectivity index (χ4n) is 3.05. The molecule has 2 heterocycles. The van der Waals surface area contributed by atoms with Crippen molar-refractivity contribution < 1.29 is 27.2 Å². The number of carbonyl (C=O) groups excluding carboxylic acids is 2. The van der Waals surface area contributed by atoms with Crippen LogP contribution >= 0.6 is 0 Å². The Balaban J connectivity index is 1.57. The first-order valence-electron chi connectivity index (χ1n) is 9.61. The van der Waals surface area contributed by atoms with Crippen molar-refractivity contribution in [2.45, 2.75) is 30.4 Å². The molecule has 2 N–H and O–H groups in total. The predicted molar refractivity (Wildman–Crippen MR) is 108 cm³/mol. The quantitative estimate of drug-likeness (QED) is 0.610. The fourth-order valence-corrected chi connectivity index (χ4v) is 4.16. The molecule has 3 rings (SSSR count). The Kier molecular flexibility index (Phi) is 7.24. The summed E-state index contributed by atoms with van der Waals surface area (Å²) in [6, 6.07) is 9.18. The van der Waals surface area contributed by atoms with E-state index in [0.717, 1.165) is 12.8 Å². The zero-order valence-corrected chi connectivity index (χ0v) is 17.5. The van der Waals surface area contributed by atoms with Gasteiger partial charge in [0.05, 0.1) is 30.4 Å². The minimum atomic E-state index is -3.78. The molecule has 1 atom stereocenters. The maximum absolute atomic E-state index is 12.7. The van der Waals surface area contributed by atoms with Crippen molar-refractivity contribution in [2.24, 2.45) is 0 Å². The van der Waals surface area contributed by atoms with Crippen molar-refractivity contribution in [3.63, 3.8) is 0 Å². The topological polar surface area (TPSA) is 118 Å². The highest BCUT2D eigenvalue weighted by molar-refractivity contribution is 7.89. The van der Waals surface area contributed by atoms with E-state index in [1.54, 1.807) is 12.1 Å². The van der Waals surface area contributed by atoms with Gasteiger partial charge in [-0.1, -0.05) is 6.07 Å². The van der Waals surface area contributed by atoms with Crippen LogP contribution in [0.15, 0.2) is 52.0 Å². The molecule has 0 saturated carbocycles. The average Bonchev–Trinajstić information content (AvgIpc) is 3.44. The minimum absolute atomic E-state index is 0.0120. The molecule has 30 heavy (non-hydrogen) atoms. The molecule has 1 aromatic heterocycles. The molecular formula is C20H25N3O6S. The van der Waals surface area contributed by atoms with Crippen LogP contribution in [0, 0.1) is 0 Å². The molecule has 10 heteroatoms. The summed E-state index contributed by atoms with van der Waals surface area (Å²) < 4.78 is 38.2. The number of rotatable bonds is 9. The van der Waals surface area contributed by atoms with E-state index in [-0.39, 0.29) is 42.1 Å². The van der Waals surface area contributed by atoms with E-state index < -0.39 is 15.9 Å². The molecule has 0 radical (unpaired) electrons. The largest absolute Gasteiger partial charge is 0.467 e. The summed E-state index contributed by atoms with van der Waals surface area (Å²) in [4.78, 5) is 25.9. The summed E-state index contributed by atoms with van der Waals surface area (Å²) in [6.07, 6.45) is 3.11. The SMILES string of the molecule is CN(CC(=O)NCc1ccco1)C(=O)c1cccc(S(=O)(=O)NCC2CCCO2)c1. The Hall–Kier alpha value is -2.69. The number of hydrogen-bond acceptors (Lipinski definition) is 6. The van der Waals surface area contributed by atoms with Gasteiger partial charge < -0.3 is 19.4 Å². The molecule has 1 aliphatic rings. The second-order valence-corrected chi connectivity index (χ2v) is 8.80. The van der Waals surface area contributed by atoms with Crippen LogP contribution in [0.2, 0.25) is 0 Å². The number of furan rings is 1. The van der Waals surface area contributed by atoms with Gasteiger partial charge in [0.15, 0.2) is 0 Å². The van der Waals surface area contributed by atoms with Gasteiger partial charge in [0, 0.05) is 25.8 Å². The summed E-state index contributed by atoms with van der Waals surface area (Å²) in [7, 11) is -2.30. The van der Waals surface area contributed by atoms with Crippen molar-refractivity contribution in [2.75, 3.05) is 26.7 Å². The lowest BCUT2D eigenvalue weighted by atomic mass is 10.2. The summed E-state index contributed by atoms with van der Waals surface area (Å²) in [5.41, 5.74) is 0.177. The first kappa shape index (κ1) is 22.0. The Morgan fingerprint density at radius 2 is 2.07 bits per heavy atom. The average molecular weight is 436 g/mol. The number of benzene rings is 1. The second-order valence-electron chi connectivity index (χ2n) is 7.03. The van der Waals surface area contributed by atoms with Crippen LogP contribution in [0.5, 0.6) is 0 Å². The van der Waals surface area contributed by atoms with Crippen LogP contribution in [0.25, 0.3) is 0 Å². The lowest BCUT2D eigenvalue weighted by Gasteiger charge is -2.17. The van der Waals surface area contributed by atoms with Crippen molar-refractivity contribution in [3.8, 4) is 0 Å². The lowest BCUT2D eigenvalue weighted by Crippen LogP contribution is -2.38. The monoisotopic (exact) mass is 435 g/mol. The van der Waals surface area contributed by atoms with Crippen molar-refractivity contribution >= 4 is 21.8 Å². The van der Waals surface area contributed by atoms with Crippen LogP contribution in [0.1, 0.15) is 29.0 Å². The summed E-state index contributed by atoms with van der Waals surface area (Å²) >= 11 is 0. The normalized spacial score (nSPS) is 16.4. The smallest absolute Gasteiger partial charge is 0.254 e. The second kappa shape index (κ2) is 9.88. The van der Waals surface area contributed by atoms with Crippen molar-refractivity contribution in [1.29, 1.82) is 0 Å². The number of nitrogens with one attached hydrogen (secondary N) is 2. The molecule has 0 aliphatic carbocycles. The standard InChI is InChI=1S/C20H25N3O6S/c1-23(14-19(24)21-12-16-6-3-9-28-16)20(25)15-5-2-8-18(11-15)30(26,27)22-13-17-7-4-10-29-17/h2-3,5-6,8-9,11,17,22H,4,7,10,12-14H2,1H3,(H,21,24). The third-order valence-electron chi connectivity index (χ3n) is 4.68. The summed E-state index contributed by atoms with van der Waals surface area (Å²) in [6.45, 7) is 0.875. The highest BCUT2D eigenvalue weighted by Crippen LogP contribution is 2.15. The number of amides is 2. The number of nitrogens with zero attached hydrogens (tertiary/aromatic N) is 1. The van der Waals surface area contributed by atoms with E-state index in [1.807, 2.05) is 0 Å². The molecule has 1 aliphatic heterocycles. The van der Waals surface area contributed by atoms with Gasteiger partial charge in [-0.2, -0.15) is 0 Å². The number of hydrogen-bond donors (Lipinski definition) is 2. The van der Waals surface area contributed by atoms with Gasteiger partial charge in [-0.05, 0) is 43.2 Å². The molecule has 1 saturated heterocycles. The highest BCUT2D eigenvalue weighted by atomic mass is 32.2. The van der Waals surface area contributed by atoms with Crippen LogP contribution in [-0.2, 0) is 26.1 Å². The maximum atomic E-state index is 12.7. The first-order valence-corrected chi connectivity index (χ1v) is 11.1. The van der Waals surface area contributed by atoms with Crippen LogP contribution in [0.3, 0.4) is 0 Å². The van der Waals surface area contributed by atoms with Gasteiger partial charge >= 0.3 is 0 Å². The number of ether oxygens (including phenoxy) is 1. The number of sulfonamides is 1. The van der Waals surface area contributed by atoms with E-state index in [1.165, 1.54) is 42.5 Å². The van der Waals surface area contributed by atoms with Crippen molar-refractivity contribution in [1.82, 2.24) is 14.9 Å². The molecule has 9 nitrogen and oxygen atoms in total. The van der Waals surface area contributed by atoms with Crippen LogP contribution in [0.4, 0.5) is 0 Å². The third-order valence-corrected chi connectivity index (χ3v) is 6.10. The summed E-state index contributed by atoms with van der Waals surface area (Å²) in [5, 5.41) is 2.66. The zero-order valence-electron chi connectivity index (χ0n) is 16.7. The molecule has 1 fully saturated rings. The van der Waals surface area contributed by atoms with Crippen LogP contribution in [-0.4, -0.2) is 58.0 Å². The molecular weight excluding hydrogens is 410 g/mol. The van der Waals surface area contributed by atoms with Crippen molar-refractivity contribution in [3.05, 3.63) is 54.0 Å². The van der Waals surface area contributed by atoms with Gasteiger partial charge in [0.2, 0.25) is 15.9 Å². The molecule has 2 amide bonds. The predicted octanol–water partition coefficient (Wildman–Crippen LogP) is 1.13. The Bertz CT molecular complexity index is 968. The van der Waals surface area contributed by atoms with Crippen LogP contribution < -0.4 is 10.0 Å². The highest BCUT2D eigenvalue weighted by Gasteiger charge is 2.22. The van der Waals surface area contributed by atoms with E-state index in [0.29, 0.717) is 12.4 Å². The van der Waals surface area contributed by atoms with Gasteiger partial charge in [-0.25, -0.2) is 13.1 Å². The number of likely N-dealkylation sites (N-methyl/N-ethyl adjacent to an activating group) is 1. The Morgan fingerprint density at radius 3 is 2.77 bits per heavy atom. The van der Waals surface area contributed by atoms with Gasteiger partial charge in [-0.3, -0.25) is 9.59 Å². The third kappa shape index (κ3) is 5.91. The minimum Gasteiger partial charge on any atom is -0.467 e. The Labute approximate surface area is 175 Å². The lowest BCUT2D eigenvalue weighted by molar-refractivity contribution is -0.121. The van der Waals surface area contributed by atoms with Gasteiger partial charge in [0.25, 0.3) is 5.91 Å². The van der Waals surface area contributed by atoms with Gasteiger partial charge in [-0.15, -0.1) is 0 Å². The number of carbonyl (C=O) groups is 2.